The highest BCUT2D eigenvalue weighted by Gasteiger charge is 2.24. The monoisotopic (exact) mass is 363 g/mol. The van der Waals surface area contributed by atoms with Crippen molar-refractivity contribution in [3.63, 3.8) is 0 Å². The first-order valence-corrected chi connectivity index (χ1v) is 8.58. The number of carbonyl (C=O) groups excluding carboxylic acids is 1. The molecule has 112 valence electrons. The van der Waals surface area contributed by atoms with Crippen molar-refractivity contribution >= 4 is 37.6 Å². The summed E-state index contributed by atoms with van der Waals surface area (Å²) in [5.74, 6) is -0.592. The van der Waals surface area contributed by atoms with Crippen molar-refractivity contribution in [2.24, 2.45) is 0 Å². The van der Waals surface area contributed by atoms with E-state index in [0.717, 1.165) is 15.0 Å². The average Bonchev–Trinajstić information content (AvgIpc) is 2.23. The Morgan fingerprint density at radius 2 is 1.75 bits per heavy atom. The molecule has 1 aromatic carbocycles. The molecule has 0 amide bonds. The molecule has 0 heterocycles. The number of ether oxygens (including phenoxy) is 1. The molecule has 1 rings (SSSR count). The topological polar surface area (TPSA) is 63.7 Å². The molecule has 0 atom stereocenters. The molecule has 0 saturated carbocycles. The summed E-state index contributed by atoms with van der Waals surface area (Å²) < 4.78 is 30.7. The third-order valence-corrected chi connectivity index (χ3v) is 3.88. The predicted octanol–water partition coefficient (Wildman–Crippen LogP) is 2.56. The number of sulfonamides is 1. The summed E-state index contributed by atoms with van der Waals surface area (Å²) in [6.45, 7) is 4.84. The zero-order valence-corrected chi connectivity index (χ0v) is 14.3. The Morgan fingerprint density at radius 3 is 2.15 bits per heavy atom. The standard InChI is InChI=1S/C13H18BrNO4S/c1-13(2,3)19-12(16)9-15(20(4,17)18)11-7-5-10(14)6-8-11/h5-8H,9H2,1-4H3. The van der Waals surface area contributed by atoms with Crippen molar-refractivity contribution in [3.05, 3.63) is 28.7 Å². The third kappa shape index (κ3) is 5.50. The quantitative estimate of drug-likeness (QED) is 0.771. The van der Waals surface area contributed by atoms with Crippen LogP contribution in [0.4, 0.5) is 5.69 Å². The van der Waals surface area contributed by atoms with Gasteiger partial charge in [-0.3, -0.25) is 9.10 Å². The number of anilines is 1. The number of hydrogen-bond acceptors (Lipinski definition) is 4. The molecule has 5 nitrogen and oxygen atoms in total. The molecular formula is C13H18BrNO4S. The summed E-state index contributed by atoms with van der Waals surface area (Å²) in [4.78, 5) is 11.8. The minimum Gasteiger partial charge on any atom is -0.459 e. The van der Waals surface area contributed by atoms with E-state index in [0.29, 0.717) is 5.69 Å². The molecular weight excluding hydrogens is 346 g/mol. The lowest BCUT2D eigenvalue weighted by Crippen LogP contribution is -2.38. The zero-order chi connectivity index (χ0) is 15.6. The first-order chi connectivity index (χ1) is 8.99. The number of esters is 1. The SMILES string of the molecule is CC(C)(C)OC(=O)CN(c1ccc(Br)cc1)S(C)(=O)=O. The fraction of sp³-hybridized carbons (Fsp3) is 0.462. The minimum absolute atomic E-state index is 0.349. The van der Waals surface area contributed by atoms with E-state index in [1.165, 1.54) is 0 Å². The molecule has 0 aliphatic rings. The first-order valence-electron chi connectivity index (χ1n) is 5.94. The van der Waals surface area contributed by atoms with Crippen LogP contribution in [0, 0.1) is 0 Å². The highest BCUT2D eigenvalue weighted by Crippen LogP contribution is 2.21. The summed E-state index contributed by atoms with van der Waals surface area (Å²) in [7, 11) is -3.56. The van der Waals surface area contributed by atoms with Crippen molar-refractivity contribution in [1.82, 2.24) is 0 Å². The molecule has 0 aromatic heterocycles. The van der Waals surface area contributed by atoms with Crippen molar-refractivity contribution < 1.29 is 17.9 Å². The van der Waals surface area contributed by atoms with E-state index in [1.54, 1.807) is 45.0 Å². The van der Waals surface area contributed by atoms with Crippen LogP contribution in [0.1, 0.15) is 20.8 Å². The molecule has 0 bridgehead atoms. The molecule has 0 spiro atoms. The summed E-state index contributed by atoms with van der Waals surface area (Å²) in [6, 6.07) is 6.66. The van der Waals surface area contributed by atoms with Gasteiger partial charge in [-0.1, -0.05) is 15.9 Å². The van der Waals surface area contributed by atoms with Crippen molar-refractivity contribution in [1.29, 1.82) is 0 Å². The highest BCUT2D eigenvalue weighted by molar-refractivity contribution is 9.10. The molecule has 0 saturated heterocycles. The maximum Gasteiger partial charge on any atom is 0.327 e. The van der Waals surface area contributed by atoms with Gasteiger partial charge in [0.2, 0.25) is 10.0 Å². The Balaban J connectivity index is 2.98. The van der Waals surface area contributed by atoms with Crippen molar-refractivity contribution in [2.75, 3.05) is 17.1 Å². The molecule has 0 radical (unpaired) electrons. The van der Waals surface area contributed by atoms with E-state index in [4.69, 9.17) is 4.74 Å². The van der Waals surface area contributed by atoms with E-state index < -0.39 is 21.6 Å². The van der Waals surface area contributed by atoms with Crippen LogP contribution in [0.3, 0.4) is 0 Å². The smallest absolute Gasteiger partial charge is 0.327 e. The molecule has 0 aliphatic carbocycles. The van der Waals surface area contributed by atoms with Gasteiger partial charge in [-0.05, 0) is 45.0 Å². The Labute approximate surface area is 128 Å². The van der Waals surface area contributed by atoms with Gasteiger partial charge in [-0.25, -0.2) is 8.42 Å². The van der Waals surface area contributed by atoms with Crippen LogP contribution in [-0.4, -0.2) is 32.8 Å². The van der Waals surface area contributed by atoms with E-state index >= 15 is 0 Å². The second kappa shape index (κ2) is 6.13. The van der Waals surface area contributed by atoms with Gasteiger partial charge in [-0.15, -0.1) is 0 Å². The lowest BCUT2D eigenvalue weighted by atomic mass is 10.2. The predicted molar refractivity (Wildman–Crippen MR) is 82.2 cm³/mol. The lowest BCUT2D eigenvalue weighted by Gasteiger charge is -2.25. The van der Waals surface area contributed by atoms with Crippen LogP contribution in [0.25, 0.3) is 0 Å². The number of nitrogens with zero attached hydrogens (tertiary/aromatic N) is 1. The fourth-order valence-electron chi connectivity index (χ4n) is 1.50. The van der Waals surface area contributed by atoms with Crippen LogP contribution in [0.2, 0.25) is 0 Å². The van der Waals surface area contributed by atoms with Crippen LogP contribution in [0.15, 0.2) is 28.7 Å². The Bertz CT molecular complexity index is 575. The van der Waals surface area contributed by atoms with Gasteiger partial charge in [0, 0.05) is 4.47 Å². The van der Waals surface area contributed by atoms with Gasteiger partial charge in [-0.2, -0.15) is 0 Å². The van der Waals surface area contributed by atoms with Gasteiger partial charge in [0.25, 0.3) is 0 Å². The third-order valence-electron chi connectivity index (χ3n) is 2.21. The molecule has 20 heavy (non-hydrogen) atoms. The van der Waals surface area contributed by atoms with E-state index in [2.05, 4.69) is 15.9 Å². The summed E-state index contributed by atoms with van der Waals surface area (Å²) in [6.07, 6.45) is 1.05. The van der Waals surface area contributed by atoms with Crippen LogP contribution >= 0.6 is 15.9 Å². The van der Waals surface area contributed by atoms with Gasteiger partial charge in [0.05, 0.1) is 11.9 Å². The lowest BCUT2D eigenvalue weighted by molar-refractivity contribution is -0.152. The second-order valence-corrected chi connectivity index (χ2v) is 8.15. The number of hydrogen-bond donors (Lipinski definition) is 0. The maximum atomic E-state index is 11.8. The van der Waals surface area contributed by atoms with E-state index in [9.17, 15) is 13.2 Å². The Morgan fingerprint density at radius 1 is 1.25 bits per heavy atom. The molecule has 1 aromatic rings. The normalized spacial score (nSPS) is 12.1. The maximum absolute atomic E-state index is 11.8. The van der Waals surface area contributed by atoms with Gasteiger partial charge in [0.15, 0.2) is 0 Å². The summed E-state index contributed by atoms with van der Waals surface area (Å²) in [5.41, 5.74) is -0.235. The number of rotatable bonds is 4. The highest BCUT2D eigenvalue weighted by atomic mass is 79.9. The second-order valence-electron chi connectivity index (χ2n) is 5.33. The number of carbonyl (C=O) groups is 1. The average molecular weight is 364 g/mol. The molecule has 0 N–H and O–H groups in total. The van der Waals surface area contributed by atoms with Crippen molar-refractivity contribution in [3.8, 4) is 0 Å². The van der Waals surface area contributed by atoms with Gasteiger partial charge < -0.3 is 4.74 Å². The van der Waals surface area contributed by atoms with Crippen molar-refractivity contribution in [2.45, 2.75) is 26.4 Å². The molecule has 0 fully saturated rings. The minimum atomic E-state index is -3.56. The van der Waals surface area contributed by atoms with Crippen LogP contribution in [-0.2, 0) is 19.6 Å². The number of benzene rings is 1. The largest absolute Gasteiger partial charge is 0.459 e. The summed E-state index contributed by atoms with van der Waals surface area (Å²) in [5, 5.41) is 0. The Hall–Kier alpha value is -1.08. The fourth-order valence-corrected chi connectivity index (χ4v) is 2.61. The molecule has 7 heteroatoms. The summed E-state index contributed by atoms with van der Waals surface area (Å²) >= 11 is 3.28. The molecule has 0 unspecified atom stereocenters. The van der Waals surface area contributed by atoms with Gasteiger partial charge in [0.1, 0.15) is 12.1 Å². The zero-order valence-electron chi connectivity index (χ0n) is 11.9. The van der Waals surface area contributed by atoms with E-state index in [1.807, 2.05) is 0 Å². The first kappa shape index (κ1) is 17.0. The van der Waals surface area contributed by atoms with E-state index in [-0.39, 0.29) is 6.54 Å². The Kier molecular flexibility index (Phi) is 5.21. The van der Waals surface area contributed by atoms with Crippen LogP contribution < -0.4 is 4.31 Å². The number of halogens is 1. The van der Waals surface area contributed by atoms with Gasteiger partial charge >= 0.3 is 5.97 Å². The molecule has 0 aliphatic heterocycles. The van der Waals surface area contributed by atoms with Crippen LogP contribution in [0.5, 0.6) is 0 Å².